The fourth-order valence-electron chi connectivity index (χ4n) is 2.58. The molecule has 96 valence electrons. The van der Waals surface area contributed by atoms with Gasteiger partial charge in [-0.3, -0.25) is 4.90 Å². The van der Waals surface area contributed by atoms with E-state index in [0.717, 1.165) is 0 Å². The van der Waals surface area contributed by atoms with Gasteiger partial charge in [-0.05, 0) is 47.1 Å². The number of rotatable bonds is 5. The highest BCUT2D eigenvalue weighted by Crippen LogP contribution is 2.22. The lowest BCUT2D eigenvalue weighted by atomic mass is 9.92. The van der Waals surface area contributed by atoms with E-state index >= 15 is 0 Å². The maximum atomic E-state index is 2.54. The quantitative estimate of drug-likeness (QED) is 0.702. The molecule has 0 saturated carbocycles. The second-order valence-corrected chi connectivity index (χ2v) is 5.43. The molecule has 0 aromatic rings. The molecule has 1 heterocycles. The van der Waals surface area contributed by atoms with E-state index in [4.69, 9.17) is 0 Å². The lowest BCUT2D eigenvalue weighted by molar-refractivity contribution is 0.0273. The molecule has 3 heteroatoms. The van der Waals surface area contributed by atoms with Crippen LogP contribution >= 0.6 is 0 Å². The molecular weight excluding hydrogens is 198 g/mol. The molecule has 1 aliphatic heterocycles. The normalized spacial score (nSPS) is 28.9. The predicted molar refractivity (Wildman–Crippen MR) is 70.9 cm³/mol. The van der Waals surface area contributed by atoms with Crippen LogP contribution in [0.2, 0.25) is 0 Å². The van der Waals surface area contributed by atoms with E-state index in [1.807, 2.05) is 0 Å². The fourth-order valence-corrected chi connectivity index (χ4v) is 2.58. The SMILES string of the molecule is CCN(CC)CCC1(C)CN(C)CCN1C. The molecule has 0 aliphatic carbocycles. The van der Waals surface area contributed by atoms with E-state index in [2.05, 4.69) is 49.6 Å². The Bertz CT molecular complexity index is 203. The highest BCUT2D eigenvalue weighted by Gasteiger charge is 2.33. The summed E-state index contributed by atoms with van der Waals surface area (Å²) in [6.07, 6.45) is 1.27. The lowest BCUT2D eigenvalue weighted by Crippen LogP contribution is -2.59. The molecule has 0 spiro atoms. The summed E-state index contributed by atoms with van der Waals surface area (Å²) in [6.45, 7) is 14.1. The van der Waals surface area contributed by atoms with Crippen LogP contribution in [0, 0.1) is 0 Å². The van der Waals surface area contributed by atoms with Gasteiger partial charge < -0.3 is 9.80 Å². The smallest absolute Gasteiger partial charge is 0.0317 e. The molecule has 0 aromatic carbocycles. The first-order valence-corrected chi connectivity index (χ1v) is 6.64. The summed E-state index contributed by atoms with van der Waals surface area (Å²) in [5.41, 5.74) is 0.357. The average molecular weight is 227 g/mol. The predicted octanol–water partition coefficient (Wildman–Crippen LogP) is 1.35. The first kappa shape index (κ1) is 13.9. The van der Waals surface area contributed by atoms with Crippen molar-refractivity contribution in [3.05, 3.63) is 0 Å². The summed E-state index contributed by atoms with van der Waals surface area (Å²) in [6, 6.07) is 0. The highest BCUT2D eigenvalue weighted by atomic mass is 15.3. The third kappa shape index (κ3) is 3.44. The molecule has 0 amide bonds. The monoisotopic (exact) mass is 227 g/mol. The standard InChI is InChI=1S/C13H29N3/c1-6-16(7-2)9-8-13(3)12-14(4)10-11-15(13)5/h6-12H2,1-5H3. The van der Waals surface area contributed by atoms with Crippen LogP contribution in [0.1, 0.15) is 27.2 Å². The number of hydrogen-bond acceptors (Lipinski definition) is 3. The minimum Gasteiger partial charge on any atom is -0.304 e. The Morgan fingerprint density at radius 1 is 1.12 bits per heavy atom. The van der Waals surface area contributed by atoms with Crippen molar-refractivity contribution in [2.24, 2.45) is 0 Å². The summed E-state index contributed by atoms with van der Waals surface area (Å²) < 4.78 is 0. The molecule has 0 aromatic heterocycles. The molecule has 1 saturated heterocycles. The van der Waals surface area contributed by atoms with Crippen LogP contribution in [0.15, 0.2) is 0 Å². The van der Waals surface area contributed by atoms with Crippen molar-refractivity contribution in [1.29, 1.82) is 0 Å². The van der Waals surface area contributed by atoms with Gasteiger partial charge >= 0.3 is 0 Å². The largest absolute Gasteiger partial charge is 0.304 e. The molecular formula is C13H29N3. The minimum atomic E-state index is 0.357. The van der Waals surface area contributed by atoms with E-state index in [1.165, 1.54) is 45.7 Å². The zero-order valence-corrected chi connectivity index (χ0v) is 11.8. The molecule has 1 rings (SSSR count). The summed E-state index contributed by atoms with van der Waals surface area (Å²) in [5.74, 6) is 0. The van der Waals surface area contributed by atoms with Crippen LogP contribution in [0.4, 0.5) is 0 Å². The maximum Gasteiger partial charge on any atom is 0.0317 e. The molecule has 1 atom stereocenters. The van der Waals surface area contributed by atoms with Crippen molar-refractivity contribution >= 4 is 0 Å². The summed E-state index contributed by atoms with van der Waals surface area (Å²) in [5, 5.41) is 0. The number of hydrogen-bond donors (Lipinski definition) is 0. The van der Waals surface area contributed by atoms with Crippen LogP contribution in [-0.2, 0) is 0 Å². The van der Waals surface area contributed by atoms with Crippen LogP contribution in [0.3, 0.4) is 0 Å². The molecule has 0 bridgehead atoms. The van der Waals surface area contributed by atoms with E-state index in [0.29, 0.717) is 5.54 Å². The molecule has 1 fully saturated rings. The van der Waals surface area contributed by atoms with Crippen LogP contribution in [0.25, 0.3) is 0 Å². The van der Waals surface area contributed by atoms with Gasteiger partial charge in [0.15, 0.2) is 0 Å². The first-order chi connectivity index (χ1) is 7.51. The lowest BCUT2D eigenvalue weighted by Gasteiger charge is -2.47. The third-order valence-corrected chi connectivity index (χ3v) is 4.21. The zero-order chi connectivity index (χ0) is 12.2. The molecule has 16 heavy (non-hydrogen) atoms. The maximum absolute atomic E-state index is 2.54. The second-order valence-electron chi connectivity index (χ2n) is 5.43. The van der Waals surface area contributed by atoms with Gasteiger partial charge in [-0.1, -0.05) is 13.8 Å². The minimum absolute atomic E-state index is 0.357. The van der Waals surface area contributed by atoms with Gasteiger partial charge in [0.05, 0.1) is 0 Å². The Labute approximate surface area is 101 Å². The summed E-state index contributed by atoms with van der Waals surface area (Å²) in [4.78, 5) is 7.52. The fraction of sp³-hybridized carbons (Fsp3) is 1.00. The van der Waals surface area contributed by atoms with Crippen molar-refractivity contribution in [3.63, 3.8) is 0 Å². The van der Waals surface area contributed by atoms with E-state index in [1.54, 1.807) is 0 Å². The number of likely N-dealkylation sites (N-methyl/N-ethyl adjacent to an activating group) is 2. The van der Waals surface area contributed by atoms with Crippen LogP contribution < -0.4 is 0 Å². The van der Waals surface area contributed by atoms with Crippen molar-refractivity contribution in [1.82, 2.24) is 14.7 Å². The van der Waals surface area contributed by atoms with Crippen molar-refractivity contribution in [3.8, 4) is 0 Å². The van der Waals surface area contributed by atoms with E-state index < -0.39 is 0 Å². The van der Waals surface area contributed by atoms with Gasteiger partial charge in [0.2, 0.25) is 0 Å². The van der Waals surface area contributed by atoms with Gasteiger partial charge in [0.1, 0.15) is 0 Å². The topological polar surface area (TPSA) is 9.72 Å². The molecule has 1 unspecified atom stereocenters. The van der Waals surface area contributed by atoms with Crippen molar-refractivity contribution in [2.75, 3.05) is 53.4 Å². The Kier molecular flexibility index (Phi) is 5.22. The Morgan fingerprint density at radius 2 is 1.75 bits per heavy atom. The van der Waals surface area contributed by atoms with Crippen molar-refractivity contribution < 1.29 is 0 Å². The summed E-state index contributed by atoms with van der Waals surface area (Å²) in [7, 11) is 4.51. The highest BCUT2D eigenvalue weighted by molar-refractivity contribution is 4.91. The molecule has 3 nitrogen and oxygen atoms in total. The van der Waals surface area contributed by atoms with Crippen LogP contribution in [0.5, 0.6) is 0 Å². The van der Waals surface area contributed by atoms with Gasteiger partial charge in [-0.2, -0.15) is 0 Å². The second kappa shape index (κ2) is 5.99. The molecule has 0 radical (unpaired) electrons. The van der Waals surface area contributed by atoms with Crippen LogP contribution in [-0.4, -0.2) is 73.6 Å². The number of piperazine rings is 1. The summed E-state index contributed by atoms with van der Waals surface area (Å²) >= 11 is 0. The van der Waals surface area contributed by atoms with E-state index in [-0.39, 0.29) is 0 Å². The number of nitrogens with zero attached hydrogens (tertiary/aromatic N) is 3. The Hall–Kier alpha value is -0.120. The first-order valence-electron chi connectivity index (χ1n) is 6.64. The third-order valence-electron chi connectivity index (χ3n) is 4.21. The average Bonchev–Trinajstić information content (AvgIpc) is 2.25. The molecule has 1 aliphatic rings. The Balaban J connectivity index is 2.48. The zero-order valence-electron chi connectivity index (χ0n) is 11.8. The van der Waals surface area contributed by atoms with Gasteiger partial charge in [0.25, 0.3) is 0 Å². The van der Waals surface area contributed by atoms with Gasteiger partial charge in [-0.25, -0.2) is 0 Å². The van der Waals surface area contributed by atoms with Gasteiger partial charge in [0, 0.05) is 25.2 Å². The van der Waals surface area contributed by atoms with Crippen molar-refractivity contribution in [2.45, 2.75) is 32.7 Å². The Morgan fingerprint density at radius 3 is 2.31 bits per heavy atom. The van der Waals surface area contributed by atoms with E-state index in [9.17, 15) is 0 Å². The molecule has 0 N–H and O–H groups in total. The van der Waals surface area contributed by atoms with Gasteiger partial charge in [-0.15, -0.1) is 0 Å².